The molecule has 4 nitrogen and oxygen atoms in total. The van der Waals surface area contributed by atoms with Crippen LogP contribution in [0.4, 0.5) is 11.4 Å². The van der Waals surface area contributed by atoms with E-state index in [1.54, 1.807) is 0 Å². The summed E-state index contributed by atoms with van der Waals surface area (Å²) in [5.74, 6) is -0.603. The lowest BCUT2D eigenvalue weighted by Gasteiger charge is -2.51. The van der Waals surface area contributed by atoms with Gasteiger partial charge in [0.1, 0.15) is 0 Å². The van der Waals surface area contributed by atoms with Gasteiger partial charge in [0.05, 0.1) is 0 Å². The first-order chi connectivity index (χ1) is 16.9. The van der Waals surface area contributed by atoms with Crippen molar-refractivity contribution in [3.63, 3.8) is 0 Å². The summed E-state index contributed by atoms with van der Waals surface area (Å²) in [4.78, 5) is 4.28. The molecule has 0 amide bonds. The maximum atomic E-state index is 12.9. The van der Waals surface area contributed by atoms with E-state index in [9.17, 15) is 10.2 Å². The lowest BCUT2D eigenvalue weighted by Crippen LogP contribution is -2.47. The van der Waals surface area contributed by atoms with Gasteiger partial charge in [-0.05, 0) is 47.7 Å². The third kappa shape index (κ3) is 7.27. The summed E-state index contributed by atoms with van der Waals surface area (Å²) in [7, 11) is 6.07. The molecule has 0 N–H and O–H groups in total. The minimum atomic E-state index is -0.997. The van der Waals surface area contributed by atoms with Gasteiger partial charge in [0, 0.05) is 39.1 Å². The zero-order valence-corrected chi connectivity index (χ0v) is 22.3. The SMILES string of the molecule is CCCCCCCCCCCCN(C)c1ccc(C2C([O-])=C(c3ccc(N(C)C)cc3)C2[O-])cc1. The highest BCUT2D eigenvalue weighted by molar-refractivity contribution is 5.79. The third-order valence-electron chi connectivity index (χ3n) is 7.37. The molecule has 0 saturated heterocycles. The Kier molecular flexibility index (Phi) is 10.5. The monoisotopic (exact) mass is 476 g/mol. The average molecular weight is 477 g/mol. The second-order valence-corrected chi connectivity index (χ2v) is 10.3. The molecule has 0 saturated carbocycles. The van der Waals surface area contributed by atoms with Crippen molar-refractivity contribution in [1.29, 1.82) is 0 Å². The number of benzene rings is 2. The molecule has 3 rings (SSSR count). The molecule has 0 radical (unpaired) electrons. The minimum absolute atomic E-state index is 0.0333. The summed E-state index contributed by atoms with van der Waals surface area (Å²) in [6.45, 7) is 3.30. The Bertz CT molecular complexity index is 918. The molecule has 0 bridgehead atoms. The van der Waals surface area contributed by atoms with Gasteiger partial charge < -0.3 is 20.0 Å². The van der Waals surface area contributed by atoms with Crippen LogP contribution < -0.4 is 20.0 Å². The van der Waals surface area contributed by atoms with E-state index in [0.29, 0.717) is 5.57 Å². The Morgan fingerprint density at radius 3 is 1.71 bits per heavy atom. The van der Waals surface area contributed by atoms with E-state index in [-0.39, 0.29) is 5.76 Å². The first-order valence-electron chi connectivity index (χ1n) is 13.6. The smallest absolute Gasteiger partial charge is 0.0363 e. The van der Waals surface area contributed by atoms with E-state index >= 15 is 0 Å². The van der Waals surface area contributed by atoms with Gasteiger partial charge in [0.15, 0.2) is 0 Å². The Balaban J connectivity index is 1.44. The molecule has 2 aromatic carbocycles. The molecule has 1 aliphatic carbocycles. The maximum absolute atomic E-state index is 12.9. The number of rotatable bonds is 15. The summed E-state index contributed by atoms with van der Waals surface area (Å²) in [6.07, 6.45) is 12.4. The Morgan fingerprint density at radius 2 is 1.20 bits per heavy atom. The number of anilines is 2. The van der Waals surface area contributed by atoms with E-state index in [1.165, 1.54) is 64.2 Å². The van der Waals surface area contributed by atoms with Crippen molar-refractivity contribution in [2.24, 2.45) is 0 Å². The fourth-order valence-corrected chi connectivity index (χ4v) is 4.99. The zero-order chi connectivity index (χ0) is 25.2. The van der Waals surface area contributed by atoms with E-state index in [2.05, 4.69) is 31.0 Å². The van der Waals surface area contributed by atoms with E-state index in [4.69, 9.17) is 0 Å². The molecule has 0 spiro atoms. The Labute approximate surface area is 213 Å². The van der Waals surface area contributed by atoms with Crippen molar-refractivity contribution in [1.82, 2.24) is 0 Å². The van der Waals surface area contributed by atoms with Crippen molar-refractivity contribution < 1.29 is 10.2 Å². The standard InChI is InChI=1S/C31H45N2O2/c1-5-6-7-8-9-10-11-12-13-14-23-33(4)27-21-17-25(18-22-27)29-30(34)28(31(29)35)24-15-19-26(20-16-24)32(2)3/h15-22,29-30,35H,5-14,23H2,1-4H3/q-1/p-1. The molecule has 0 aromatic heterocycles. The van der Waals surface area contributed by atoms with Crippen molar-refractivity contribution in [3.05, 3.63) is 65.4 Å². The molecule has 1 aliphatic rings. The molecular weight excluding hydrogens is 432 g/mol. The van der Waals surface area contributed by atoms with Crippen LogP contribution in [0.3, 0.4) is 0 Å². The van der Waals surface area contributed by atoms with E-state index < -0.39 is 12.0 Å². The summed E-state index contributed by atoms with van der Waals surface area (Å²) >= 11 is 0. The largest absolute Gasteiger partial charge is 0.875 e. The summed E-state index contributed by atoms with van der Waals surface area (Å²) < 4.78 is 0. The quantitative estimate of drug-likeness (QED) is 0.309. The third-order valence-corrected chi connectivity index (χ3v) is 7.37. The van der Waals surface area contributed by atoms with Gasteiger partial charge in [-0.1, -0.05) is 101 Å². The van der Waals surface area contributed by atoms with Crippen molar-refractivity contribution in [3.8, 4) is 0 Å². The molecule has 2 unspecified atom stereocenters. The number of hydrogen-bond acceptors (Lipinski definition) is 4. The molecule has 0 aliphatic heterocycles. The topological polar surface area (TPSA) is 52.6 Å². The number of unbranched alkanes of at least 4 members (excludes halogenated alkanes) is 9. The summed E-state index contributed by atoms with van der Waals surface area (Å²) in [5, 5.41) is 25.8. The van der Waals surface area contributed by atoms with Crippen LogP contribution in [0.1, 0.15) is 88.2 Å². The number of hydrogen-bond donors (Lipinski definition) is 0. The van der Waals surface area contributed by atoms with Crippen LogP contribution >= 0.6 is 0 Å². The van der Waals surface area contributed by atoms with Crippen LogP contribution in [0.25, 0.3) is 5.57 Å². The molecular formula is C31H44N2O2-2. The van der Waals surface area contributed by atoms with Gasteiger partial charge in [-0.15, -0.1) is 5.76 Å². The molecule has 2 atom stereocenters. The zero-order valence-electron chi connectivity index (χ0n) is 22.3. The van der Waals surface area contributed by atoms with Gasteiger partial charge >= 0.3 is 0 Å². The molecule has 4 heteroatoms. The lowest BCUT2D eigenvalue weighted by atomic mass is 9.73. The molecule has 0 heterocycles. The second kappa shape index (κ2) is 13.6. The average Bonchev–Trinajstić information content (AvgIpc) is 2.86. The van der Waals surface area contributed by atoms with E-state index in [1.807, 2.05) is 55.4 Å². The molecule has 35 heavy (non-hydrogen) atoms. The minimum Gasteiger partial charge on any atom is -0.875 e. The molecule has 2 aromatic rings. The van der Waals surface area contributed by atoms with Crippen molar-refractivity contribution >= 4 is 16.9 Å². The number of nitrogens with zero attached hydrogens (tertiary/aromatic N) is 2. The first kappa shape index (κ1) is 27.1. The van der Waals surface area contributed by atoms with Crippen LogP contribution in [-0.4, -0.2) is 33.8 Å². The second-order valence-electron chi connectivity index (χ2n) is 10.3. The fourth-order valence-electron chi connectivity index (χ4n) is 4.99. The Morgan fingerprint density at radius 1 is 0.686 bits per heavy atom. The highest BCUT2D eigenvalue weighted by atomic mass is 16.3. The molecule has 192 valence electrons. The van der Waals surface area contributed by atoms with Crippen molar-refractivity contribution in [2.45, 2.75) is 83.2 Å². The summed E-state index contributed by atoms with van der Waals surface area (Å²) in [5.41, 5.74) is 4.20. The fraction of sp³-hybridized carbons (Fsp3) is 0.548. The Hall–Kier alpha value is -2.46. The van der Waals surface area contributed by atoms with Gasteiger partial charge in [0.25, 0.3) is 0 Å². The summed E-state index contributed by atoms with van der Waals surface area (Å²) in [6, 6.07) is 15.7. The van der Waals surface area contributed by atoms with Crippen LogP contribution in [0.5, 0.6) is 0 Å². The molecule has 0 fully saturated rings. The normalized spacial score (nSPS) is 17.4. The van der Waals surface area contributed by atoms with Gasteiger partial charge in [-0.25, -0.2) is 0 Å². The maximum Gasteiger partial charge on any atom is 0.0363 e. The van der Waals surface area contributed by atoms with E-state index in [0.717, 1.165) is 29.0 Å². The van der Waals surface area contributed by atoms with Crippen LogP contribution in [0.15, 0.2) is 54.3 Å². The predicted molar refractivity (Wildman–Crippen MR) is 146 cm³/mol. The first-order valence-corrected chi connectivity index (χ1v) is 13.6. The van der Waals surface area contributed by atoms with Gasteiger partial charge in [0.2, 0.25) is 0 Å². The lowest BCUT2D eigenvalue weighted by molar-refractivity contribution is -0.429. The van der Waals surface area contributed by atoms with Gasteiger partial charge in [-0.2, -0.15) is 0 Å². The predicted octanol–water partition coefficient (Wildman–Crippen LogP) is 5.71. The van der Waals surface area contributed by atoms with Gasteiger partial charge in [-0.3, -0.25) is 0 Å². The van der Waals surface area contributed by atoms with Crippen LogP contribution in [-0.2, 0) is 0 Å². The van der Waals surface area contributed by atoms with Crippen LogP contribution in [0, 0.1) is 0 Å². The highest BCUT2D eigenvalue weighted by Gasteiger charge is 2.29. The highest BCUT2D eigenvalue weighted by Crippen LogP contribution is 2.44. The van der Waals surface area contributed by atoms with Crippen LogP contribution in [0.2, 0.25) is 0 Å². The van der Waals surface area contributed by atoms with Crippen molar-refractivity contribution in [2.75, 3.05) is 37.5 Å².